The van der Waals surface area contributed by atoms with Crippen molar-refractivity contribution in [2.45, 2.75) is 20.0 Å². The Bertz CT molecular complexity index is 699. The Labute approximate surface area is 158 Å². The summed E-state index contributed by atoms with van der Waals surface area (Å²) in [5.41, 5.74) is 2.06. The number of aromatic nitrogens is 1. The number of benzene rings is 1. The maximum Gasteiger partial charge on any atom is 0.269 e. The molecule has 8 heteroatoms. The number of aliphatic imine (C=N–C) groups is 1. The fraction of sp³-hybridized carbons (Fsp3) is 0.312. The molecule has 2 rings (SSSR count). The summed E-state index contributed by atoms with van der Waals surface area (Å²) in [4.78, 5) is 14.9. The Morgan fingerprint density at radius 1 is 1.29 bits per heavy atom. The minimum atomic E-state index is -0.391. The fourth-order valence-electron chi connectivity index (χ4n) is 2.13. The molecule has 0 amide bonds. The Kier molecular flexibility index (Phi) is 8.24. The molecule has 0 aliphatic carbocycles. The lowest BCUT2D eigenvalue weighted by Crippen LogP contribution is -2.36. The highest BCUT2D eigenvalue weighted by Gasteiger charge is 2.06. The molecule has 130 valence electrons. The Hall–Kier alpha value is -2.10. The van der Waals surface area contributed by atoms with Gasteiger partial charge in [0, 0.05) is 44.7 Å². The van der Waals surface area contributed by atoms with Crippen molar-refractivity contribution < 1.29 is 4.92 Å². The third-order valence-electron chi connectivity index (χ3n) is 3.24. The largest absolute Gasteiger partial charge is 0.357 e. The number of hydrogen-bond donors (Lipinski definition) is 2. The Balaban J connectivity index is 0.00000288. The quantitative estimate of drug-likeness (QED) is 0.237. The first-order chi connectivity index (χ1) is 11.1. The summed E-state index contributed by atoms with van der Waals surface area (Å²) in [6.07, 6.45) is 4.00. The van der Waals surface area contributed by atoms with Crippen molar-refractivity contribution in [1.82, 2.24) is 15.2 Å². The van der Waals surface area contributed by atoms with Crippen molar-refractivity contribution in [3.63, 3.8) is 0 Å². The van der Waals surface area contributed by atoms with Gasteiger partial charge in [-0.25, -0.2) is 4.99 Å². The van der Waals surface area contributed by atoms with Crippen molar-refractivity contribution >= 4 is 35.6 Å². The zero-order chi connectivity index (χ0) is 16.7. The molecule has 0 saturated carbocycles. The molecule has 24 heavy (non-hydrogen) atoms. The molecule has 0 aliphatic rings. The monoisotopic (exact) mass is 443 g/mol. The van der Waals surface area contributed by atoms with Gasteiger partial charge in [-0.2, -0.15) is 0 Å². The predicted molar refractivity (Wildman–Crippen MR) is 106 cm³/mol. The summed E-state index contributed by atoms with van der Waals surface area (Å²) in [5, 5.41) is 17.2. The van der Waals surface area contributed by atoms with Crippen molar-refractivity contribution in [2.75, 3.05) is 6.54 Å². The predicted octanol–water partition coefficient (Wildman–Crippen LogP) is 2.81. The number of rotatable bonds is 6. The lowest BCUT2D eigenvalue weighted by Gasteiger charge is -2.11. The average molecular weight is 443 g/mol. The number of hydrogen-bond acceptors (Lipinski definition) is 3. The van der Waals surface area contributed by atoms with E-state index in [1.807, 2.05) is 43.1 Å². The van der Waals surface area contributed by atoms with Gasteiger partial charge in [0.1, 0.15) is 0 Å². The molecule has 0 spiro atoms. The van der Waals surface area contributed by atoms with E-state index in [0.29, 0.717) is 19.0 Å². The second kappa shape index (κ2) is 9.91. The number of halogens is 1. The van der Waals surface area contributed by atoms with Crippen LogP contribution < -0.4 is 10.6 Å². The van der Waals surface area contributed by atoms with Gasteiger partial charge in [-0.1, -0.05) is 12.1 Å². The van der Waals surface area contributed by atoms with Crippen molar-refractivity contribution in [3.05, 3.63) is 64.0 Å². The van der Waals surface area contributed by atoms with E-state index in [0.717, 1.165) is 17.7 Å². The number of guanidine groups is 1. The molecule has 0 saturated heterocycles. The van der Waals surface area contributed by atoms with Gasteiger partial charge in [0.2, 0.25) is 0 Å². The maximum absolute atomic E-state index is 10.8. The van der Waals surface area contributed by atoms with Gasteiger partial charge in [0.15, 0.2) is 5.96 Å². The summed E-state index contributed by atoms with van der Waals surface area (Å²) in [6.45, 7) is 3.79. The third-order valence-corrected chi connectivity index (χ3v) is 3.24. The first kappa shape index (κ1) is 19.9. The lowest BCUT2D eigenvalue weighted by atomic mass is 10.2. The van der Waals surface area contributed by atoms with Gasteiger partial charge in [-0.05, 0) is 24.1 Å². The number of non-ortho nitro benzene ring substituents is 1. The average Bonchev–Trinajstić information content (AvgIpc) is 2.96. The highest BCUT2D eigenvalue weighted by Crippen LogP contribution is 2.12. The molecule has 0 bridgehead atoms. The van der Waals surface area contributed by atoms with Gasteiger partial charge in [-0.3, -0.25) is 10.1 Å². The molecule has 0 aliphatic heterocycles. The standard InChI is InChI=1S/C16H21N5O2.HI/c1-3-17-16(19-11-14-7-8-20(2)12-14)18-10-13-5-4-6-15(9-13)21(22)23;/h4-9,12H,3,10-11H2,1-2H3,(H2,17,18,19);1H. The van der Waals surface area contributed by atoms with E-state index in [2.05, 4.69) is 15.6 Å². The van der Waals surface area contributed by atoms with Gasteiger partial charge in [0.05, 0.1) is 11.5 Å². The number of aryl methyl sites for hydroxylation is 1. The van der Waals surface area contributed by atoms with Gasteiger partial charge >= 0.3 is 0 Å². The van der Waals surface area contributed by atoms with Crippen LogP contribution in [0.15, 0.2) is 47.7 Å². The van der Waals surface area contributed by atoms with Crippen LogP contribution in [0.2, 0.25) is 0 Å². The van der Waals surface area contributed by atoms with Crippen LogP contribution in [-0.4, -0.2) is 22.0 Å². The van der Waals surface area contributed by atoms with Crippen LogP contribution in [0.3, 0.4) is 0 Å². The minimum absolute atomic E-state index is 0. The van der Waals surface area contributed by atoms with Crippen LogP contribution in [0.1, 0.15) is 18.1 Å². The Morgan fingerprint density at radius 2 is 2.08 bits per heavy atom. The smallest absolute Gasteiger partial charge is 0.269 e. The van der Waals surface area contributed by atoms with Gasteiger partial charge in [-0.15, -0.1) is 24.0 Å². The number of nitro benzene ring substituents is 1. The van der Waals surface area contributed by atoms with Crippen LogP contribution in [0.5, 0.6) is 0 Å². The maximum atomic E-state index is 10.8. The van der Waals surface area contributed by atoms with E-state index in [1.54, 1.807) is 12.1 Å². The van der Waals surface area contributed by atoms with Crippen LogP contribution in [-0.2, 0) is 20.1 Å². The fourth-order valence-corrected chi connectivity index (χ4v) is 2.13. The molecule has 2 N–H and O–H groups in total. The van der Waals surface area contributed by atoms with Crippen LogP contribution in [0.25, 0.3) is 0 Å². The summed E-state index contributed by atoms with van der Waals surface area (Å²) in [7, 11) is 1.97. The van der Waals surface area contributed by atoms with E-state index in [9.17, 15) is 10.1 Å². The van der Waals surface area contributed by atoms with E-state index >= 15 is 0 Å². The molecule has 0 atom stereocenters. The number of nitro groups is 1. The van der Waals surface area contributed by atoms with Crippen LogP contribution >= 0.6 is 24.0 Å². The molecule has 1 aromatic carbocycles. The number of nitrogens with one attached hydrogen (secondary N) is 2. The molecule has 1 heterocycles. The molecule has 0 unspecified atom stereocenters. The highest BCUT2D eigenvalue weighted by atomic mass is 127. The van der Waals surface area contributed by atoms with E-state index in [1.165, 1.54) is 6.07 Å². The molecule has 0 radical (unpaired) electrons. The zero-order valence-corrected chi connectivity index (χ0v) is 16.1. The van der Waals surface area contributed by atoms with Crippen molar-refractivity contribution in [3.8, 4) is 0 Å². The highest BCUT2D eigenvalue weighted by molar-refractivity contribution is 14.0. The molecule has 2 aromatic rings. The van der Waals surface area contributed by atoms with Crippen molar-refractivity contribution in [2.24, 2.45) is 12.0 Å². The van der Waals surface area contributed by atoms with Crippen LogP contribution in [0.4, 0.5) is 5.69 Å². The molecule has 7 nitrogen and oxygen atoms in total. The third kappa shape index (κ3) is 6.19. The first-order valence-electron chi connectivity index (χ1n) is 7.45. The summed E-state index contributed by atoms with van der Waals surface area (Å²) >= 11 is 0. The Morgan fingerprint density at radius 3 is 2.71 bits per heavy atom. The van der Waals surface area contributed by atoms with Gasteiger partial charge < -0.3 is 15.2 Å². The molecular weight excluding hydrogens is 421 g/mol. The van der Waals surface area contributed by atoms with E-state index < -0.39 is 4.92 Å². The summed E-state index contributed by atoms with van der Waals surface area (Å²) in [5.74, 6) is 0.683. The molecule has 1 aromatic heterocycles. The second-order valence-corrected chi connectivity index (χ2v) is 5.16. The topological polar surface area (TPSA) is 84.5 Å². The van der Waals surface area contributed by atoms with E-state index in [4.69, 9.17) is 0 Å². The minimum Gasteiger partial charge on any atom is -0.357 e. The normalized spacial score (nSPS) is 10.8. The molecule has 0 fully saturated rings. The summed E-state index contributed by atoms with van der Waals surface area (Å²) < 4.78 is 1.98. The van der Waals surface area contributed by atoms with Crippen LogP contribution in [0, 0.1) is 10.1 Å². The van der Waals surface area contributed by atoms with E-state index in [-0.39, 0.29) is 29.7 Å². The SMILES string of the molecule is CCNC(=NCc1ccn(C)c1)NCc1cccc([N+](=O)[O-])c1.I. The first-order valence-corrected chi connectivity index (χ1v) is 7.45. The van der Waals surface area contributed by atoms with Gasteiger partial charge in [0.25, 0.3) is 5.69 Å². The zero-order valence-electron chi connectivity index (χ0n) is 13.7. The lowest BCUT2D eigenvalue weighted by molar-refractivity contribution is -0.384. The molecular formula is C16H22IN5O2. The second-order valence-electron chi connectivity index (χ2n) is 5.16. The van der Waals surface area contributed by atoms with Crippen molar-refractivity contribution in [1.29, 1.82) is 0 Å². The summed E-state index contributed by atoms with van der Waals surface area (Å²) in [6, 6.07) is 8.60. The number of nitrogens with zero attached hydrogens (tertiary/aromatic N) is 3.